The van der Waals surface area contributed by atoms with Crippen molar-refractivity contribution < 1.29 is 9.53 Å². The summed E-state index contributed by atoms with van der Waals surface area (Å²) in [4.78, 5) is 11.8. The lowest BCUT2D eigenvalue weighted by Crippen LogP contribution is -2.39. The highest BCUT2D eigenvalue weighted by Gasteiger charge is 2.17. The number of ether oxygens (including phenoxy) is 1. The maximum atomic E-state index is 11.8. The van der Waals surface area contributed by atoms with Crippen LogP contribution >= 0.6 is 0 Å². The molecule has 0 saturated carbocycles. The molecule has 19 heavy (non-hydrogen) atoms. The molecule has 0 aliphatic heterocycles. The average Bonchev–Trinajstić information content (AvgIpc) is 2.28. The van der Waals surface area contributed by atoms with Crippen LogP contribution in [-0.4, -0.2) is 17.6 Å². The van der Waals surface area contributed by atoms with E-state index in [1.165, 1.54) is 0 Å². The molecule has 4 heteroatoms. The van der Waals surface area contributed by atoms with Crippen LogP contribution in [0.25, 0.3) is 0 Å². The van der Waals surface area contributed by atoms with E-state index < -0.39 is 6.04 Å². The topological polar surface area (TPSA) is 64.4 Å². The summed E-state index contributed by atoms with van der Waals surface area (Å²) in [5.74, 6) is 0.724. The average molecular weight is 264 g/mol. The van der Waals surface area contributed by atoms with Crippen LogP contribution in [0.2, 0.25) is 0 Å². The molecule has 0 radical (unpaired) electrons. The number of carbonyl (C=O) groups excluding carboxylic acids is 1. The van der Waals surface area contributed by atoms with Gasteiger partial charge in [0.15, 0.2) is 0 Å². The van der Waals surface area contributed by atoms with Crippen molar-refractivity contribution in [3.63, 3.8) is 0 Å². The van der Waals surface area contributed by atoms with Gasteiger partial charge in [0.05, 0.1) is 6.04 Å². The lowest BCUT2D eigenvalue weighted by Gasteiger charge is -2.21. The van der Waals surface area contributed by atoms with Crippen molar-refractivity contribution in [2.45, 2.75) is 46.3 Å². The molecule has 1 aromatic rings. The highest BCUT2D eigenvalue weighted by Crippen LogP contribution is 2.20. The van der Waals surface area contributed by atoms with Gasteiger partial charge in [-0.2, -0.15) is 0 Å². The minimum absolute atomic E-state index is 0.114. The largest absolute Gasteiger partial charge is 0.488 e. The lowest BCUT2D eigenvalue weighted by molar-refractivity contribution is -0.118. The quantitative estimate of drug-likeness (QED) is 0.879. The fourth-order valence-corrected chi connectivity index (χ4v) is 1.49. The molecule has 0 spiro atoms. The Bertz CT molecular complexity index is 419. The molecule has 0 aliphatic carbocycles. The molecule has 1 unspecified atom stereocenters. The van der Waals surface area contributed by atoms with Crippen LogP contribution in [0.3, 0.4) is 0 Å². The van der Waals surface area contributed by atoms with Gasteiger partial charge >= 0.3 is 0 Å². The van der Waals surface area contributed by atoms with E-state index >= 15 is 0 Å². The van der Waals surface area contributed by atoms with Gasteiger partial charge in [-0.05, 0) is 51.0 Å². The highest BCUT2D eigenvalue weighted by molar-refractivity contribution is 5.94. The first kappa shape index (κ1) is 15.5. The summed E-state index contributed by atoms with van der Waals surface area (Å²) in [5.41, 5.74) is 6.28. The third-order valence-electron chi connectivity index (χ3n) is 2.57. The highest BCUT2D eigenvalue weighted by atomic mass is 16.5. The number of hydrogen-bond donors (Lipinski definition) is 2. The van der Waals surface area contributed by atoms with E-state index in [1.54, 1.807) is 0 Å². The minimum atomic E-state index is -0.495. The molecule has 0 fully saturated rings. The monoisotopic (exact) mass is 264 g/mol. The fourth-order valence-electron chi connectivity index (χ4n) is 1.49. The van der Waals surface area contributed by atoms with Crippen LogP contribution in [-0.2, 0) is 4.79 Å². The molecule has 1 rings (SSSR count). The number of carbonyl (C=O) groups is 1. The van der Waals surface area contributed by atoms with Gasteiger partial charge in [0.25, 0.3) is 0 Å². The molecule has 0 aromatic heterocycles. The van der Waals surface area contributed by atoms with Gasteiger partial charge in [-0.3, -0.25) is 4.79 Å². The molecular formula is C15H24N2O2. The number of nitrogens with one attached hydrogen (secondary N) is 1. The van der Waals surface area contributed by atoms with Crippen molar-refractivity contribution >= 4 is 11.6 Å². The smallest absolute Gasteiger partial charge is 0.241 e. The van der Waals surface area contributed by atoms with Gasteiger partial charge in [0.2, 0.25) is 5.91 Å². The molecule has 4 nitrogen and oxygen atoms in total. The van der Waals surface area contributed by atoms with Crippen LogP contribution < -0.4 is 15.8 Å². The van der Waals surface area contributed by atoms with Crippen molar-refractivity contribution in [3.8, 4) is 5.75 Å². The van der Waals surface area contributed by atoms with Crippen LogP contribution in [0.4, 0.5) is 5.69 Å². The standard InChI is InChI=1S/C15H24N2O2/c1-10(2)13(16)14(18)17-11-6-8-12(9-7-11)19-15(3,4)5/h6-10,13H,16H2,1-5H3,(H,17,18). The van der Waals surface area contributed by atoms with Gasteiger partial charge in [-0.25, -0.2) is 0 Å². The Morgan fingerprint density at radius 1 is 1.21 bits per heavy atom. The Morgan fingerprint density at radius 3 is 2.16 bits per heavy atom. The summed E-state index contributed by atoms with van der Waals surface area (Å²) >= 11 is 0. The molecule has 3 N–H and O–H groups in total. The number of rotatable bonds is 4. The van der Waals surface area contributed by atoms with E-state index in [-0.39, 0.29) is 17.4 Å². The third-order valence-corrected chi connectivity index (χ3v) is 2.57. The zero-order valence-electron chi connectivity index (χ0n) is 12.4. The predicted molar refractivity (Wildman–Crippen MR) is 78.3 cm³/mol. The van der Waals surface area contributed by atoms with E-state index in [1.807, 2.05) is 58.9 Å². The lowest BCUT2D eigenvalue weighted by atomic mass is 10.0. The van der Waals surface area contributed by atoms with E-state index in [2.05, 4.69) is 5.32 Å². The van der Waals surface area contributed by atoms with Gasteiger partial charge < -0.3 is 15.8 Å². The number of anilines is 1. The summed E-state index contributed by atoms with van der Waals surface area (Å²) in [6, 6.07) is 6.80. The second-order valence-electron chi connectivity index (χ2n) is 6.00. The zero-order valence-corrected chi connectivity index (χ0v) is 12.4. The van der Waals surface area contributed by atoms with E-state index in [4.69, 9.17) is 10.5 Å². The Balaban J connectivity index is 2.65. The minimum Gasteiger partial charge on any atom is -0.488 e. The zero-order chi connectivity index (χ0) is 14.6. The Labute approximate surface area is 115 Å². The van der Waals surface area contributed by atoms with Gasteiger partial charge in [-0.1, -0.05) is 13.8 Å². The van der Waals surface area contributed by atoms with Gasteiger partial charge in [0.1, 0.15) is 11.4 Å². The van der Waals surface area contributed by atoms with Gasteiger partial charge in [0, 0.05) is 5.69 Å². The number of benzene rings is 1. The molecule has 1 amide bonds. The molecule has 1 aromatic carbocycles. The summed E-state index contributed by atoms with van der Waals surface area (Å²) in [6.45, 7) is 9.81. The fraction of sp³-hybridized carbons (Fsp3) is 0.533. The van der Waals surface area contributed by atoms with Crippen molar-refractivity contribution in [3.05, 3.63) is 24.3 Å². The van der Waals surface area contributed by atoms with Crippen molar-refractivity contribution in [1.82, 2.24) is 0 Å². The first-order valence-corrected chi connectivity index (χ1v) is 6.54. The SMILES string of the molecule is CC(C)C(N)C(=O)Nc1ccc(OC(C)(C)C)cc1. The van der Waals surface area contributed by atoms with Crippen molar-refractivity contribution in [2.75, 3.05) is 5.32 Å². The number of nitrogens with two attached hydrogens (primary N) is 1. The van der Waals surface area contributed by atoms with Crippen molar-refractivity contribution in [1.29, 1.82) is 0 Å². The second kappa shape index (κ2) is 6.06. The Kier molecular flexibility index (Phi) is 4.95. The van der Waals surface area contributed by atoms with E-state index in [0.717, 1.165) is 11.4 Å². The molecular weight excluding hydrogens is 240 g/mol. The maximum Gasteiger partial charge on any atom is 0.241 e. The van der Waals surface area contributed by atoms with Crippen LogP contribution in [0, 0.1) is 5.92 Å². The summed E-state index contributed by atoms with van der Waals surface area (Å²) in [7, 11) is 0. The number of amides is 1. The first-order valence-electron chi connectivity index (χ1n) is 6.54. The summed E-state index contributed by atoms with van der Waals surface area (Å²) < 4.78 is 5.71. The van der Waals surface area contributed by atoms with Crippen LogP contribution in [0.5, 0.6) is 5.75 Å². The van der Waals surface area contributed by atoms with E-state index in [9.17, 15) is 4.79 Å². The van der Waals surface area contributed by atoms with Gasteiger partial charge in [-0.15, -0.1) is 0 Å². The maximum absolute atomic E-state index is 11.8. The molecule has 0 saturated heterocycles. The summed E-state index contributed by atoms with van der Waals surface area (Å²) in [5, 5.41) is 2.79. The predicted octanol–water partition coefficient (Wildman–Crippen LogP) is 2.79. The molecule has 0 heterocycles. The molecule has 0 aliphatic rings. The third kappa shape index (κ3) is 5.30. The summed E-state index contributed by atoms with van der Waals surface area (Å²) in [6.07, 6.45) is 0. The Hall–Kier alpha value is -1.55. The molecule has 0 bridgehead atoms. The van der Waals surface area contributed by atoms with Crippen LogP contribution in [0.1, 0.15) is 34.6 Å². The van der Waals surface area contributed by atoms with Crippen LogP contribution in [0.15, 0.2) is 24.3 Å². The van der Waals surface area contributed by atoms with E-state index in [0.29, 0.717) is 0 Å². The normalized spacial score (nSPS) is 13.2. The van der Waals surface area contributed by atoms with Crippen molar-refractivity contribution in [2.24, 2.45) is 11.7 Å². The molecule has 106 valence electrons. The second-order valence-corrected chi connectivity index (χ2v) is 6.00. The molecule has 1 atom stereocenters. The first-order chi connectivity index (χ1) is 8.69. The number of hydrogen-bond acceptors (Lipinski definition) is 3. The Morgan fingerprint density at radius 2 is 1.74 bits per heavy atom.